The lowest BCUT2D eigenvalue weighted by atomic mass is 10.2. The van der Waals surface area contributed by atoms with Crippen molar-refractivity contribution in [3.8, 4) is 0 Å². The number of hydrogen-bond donors (Lipinski definition) is 1. The van der Waals surface area contributed by atoms with E-state index in [-0.39, 0.29) is 6.04 Å². The van der Waals surface area contributed by atoms with E-state index in [9.17, 15) is 8.42 Å². The fourth-order valence-electron chi connectivity index (χ4n) is 2.11. The molecule has 6 heteroatoms. The van der Waals surface area contributed by atoms with Gasteiger partial charge in [-0.1, -0.05) is 17.7 Å². The summed E-state index contributed by atoms with van der Waals surface area (Å²) in [5.41, 5.74) is 0.727. The number of hydrogen-bond acceptors (Lipinski definition) is 3. The number of piperazine rings is 1. The fraction of sp³-hybridized carbons (Fsp3) is 0.500. The van der Waals surface area contributed by atoms with E-state index in [1.807, 2.05) is 6.92 Å². The topological polar surface area (TPSA) is 49.4 Å². The van der Waals surface area contributed by atoms with Crippen molar-refractivity contribution < 1.29 is 8.42 Å². The first-order chi connectivity index (χ1) is 8.41. The lowest BCUT2D eigenvalue weighted by molar-refractivity contribution is 0.310. The van der Waals surface area contributed by atoms with Crippen LogP contribution in [-0.4, -0.2) is 38.4 Å². The largest absolute Gasteiger partial charge is 0.312 e. The average Bonchev–Trinajstić information content (AvgIpc) is 2.32. The van der Waals surface area contributed by atoms with E-state index >= 15 is 0 Å². The van der Waals surface area contributed by atoms with Crippen molar-refractivity contribution in [2.45, 2.75) is 24.8 Å². The van der Waals surface area contributed by atoms with Gasteiger partial charge in [-0.3, -0.25) is 0 Å². The second kappa shape index (κ2) is 5.17. The van der Waals surface area contributed by atoms with Crippen LogP contribution < -0.4 is 5.32 Å². The maximum Gasteiger partial charge on any atom is 0.243 e. The first-order valence-electron chi connectivity index (χ1n) is 5.91. The van der Waals surface area contributed by atoms with E-state index in [2.05, 4.69) is 5.32 Å². The molecular formula is C12H17ClN2O2S. The molecule has 4 nitrogen and oxygen atoms in total. The van der Waals surface area contributed by atoms with Crippen LogP contribution in [0.25, 0.3) is 0 Å². The van der Waals surface area contributed by atoms with E-state index in [1.165, 1.54) is 10.4 Å². The standard InChI is InChI=1S/C12H17ClN2O2S/c1-9-3-4-11(13)7-12(9)18(16,17)15-6-5-14-10(2)8-15/h3-4,7,10,14H,5-6,8H2,1-2H3/t10-/m0/s1. The first kappa shape index (κ1) is 13.8. The monoisotopic (exact) mass is 288 g/mol. The summed E-state index contributed by atoms with van der Waals surface area (Å²) in [5.74, 6) is 0. The van der Waals surface area contributed by atoms with Crippen LogP contribution in [0.15, 0.2) is 23.1 Å². The predicted octanol–water partition coefficient (Wildman–Crippen LogP) is 1.63. The van der Waals surface area contributed by atoms with E-state index in [4.69, 9.17) is 11.6 Å². The molecule has 0 amide bonds. The van der Waals surface area contributed by atoms with Crippen LogP contribution in [0.5, 0.6) is 0 Å². The number of rotatable bonds is 2. The van der Waals surface area contributed by atoms with Gasteiger partial charge in [0.25, 0.3) is 0 Å². The Bertz CT molecular complexity index is 545. The highest BCUT2D eigenvalue weighted by molar-refractivity contribution is 7.89. The van der Waals surface area contributed by atoms with Gasteiger partial charge in [-0.2, -0.15) is 4.31 Å². The second-order valence-corrected chi connectivity index (χ2v) is 6.97. The zero-order chi connectivity index (χ0) is 13.3. The van der Waals surface area contributed by atoms with Crippen molar-refractivity contribution >= 4 is 21.6 Å². The minimum atomic E-state index is -3.44. The second-order valence-electron chi connectivity index (χ2n) is 4.63. The van der Waals surface area contributed by atoms with Gasteiger partial charge < -0.3 is 5.32 Å². The van der Waals surface area contributed by atoms with Crippen LogP contribution in [0.1, 0.15) is 12.5 Å². The van der Waals surface area contributed by atoms with Crippen LogP contribution in [0.2, 0.25) is 5.02 Å². The maximum absolute atomic E-state index is 12.5. The Hall–Kier alpha value is -0.620. The molecule has 2 rings (SSSR count). The minimum Gasteiger partial charge on any atom is -0.312 e. The summed E-state index contributed by atoms with van der Waals surface area (Å²) < 4.78 is 26.6. The lowest BCUT2D eigenvalue weighted by Gasteiger charge is -2.31. The van der Waals surface area contributed by atoms with Gasteiger partial charge in [0, 0.05) is 30.7 Å². The third kappa shape index (κ3) is 2.69. The van der Waals surface area contributed by atoms with Crippen molar-refractivity contribution in [1.82, 2.24) is 9.62 Å². The van der Waals surface area contributed by atoms with Crippen molar-refractivity contribution in [2.75, 3.05) is 19.6 Å². The van der Waals surface area contributed by atoms with Gasteiger partial charge in [0.05, 0.1) is 4.90 Å². The Morgan fingerprint density at radius 3 is 2.83 bits per heavy atom. The van der Waals surface area contributed by atoms with Crippen LogP contribution in [0.4, 0.5) is 0 Å². The number of aryl methyl sites for hydroxylation is 1. The number of halogens is 1. The fourth-order valence-corrected chi connectivity index (χ4v) is 4.12. The Morgan fingerprint density at radius 2 is 2.17 bits per heavy atom. The van der Waals surface area contributed by atoms with Crippen molar-refractivity contribution in [3.05, 3.63) is 28.8 Å². The van der Waals surface area contributed by atoms with Crippen molar-refractivity contribution in [2.24, 2.45) is 0 Å². The zero-order valence-corrected chi connectivity index (χ0v) is 12.1. The molecule has 1 N–H and O–H groups in total. The van der Waals surface area contributed by atoms with E-state index < -0.39 is 10.0 Å². The van der Waals surface area contributed by atoms with Gasteiger partial charge in [0.15, 0.2) is 0 Å². The molecule has 1 atom stereocenters. The first-order valence-corrected chi connectivity index (χ1v) is 7.73. The summed E-state index contributed by atoms with van der Waals surface area (Å²) >= 11 is 5.90. The Morgan fingerprint density at radius 1 is 1.44 bits per heavy atom. The molecule has 1 heterocycles. The molecule has 0 aromatic heterocycles. The zero-order valence-electron chi connectivity index (χ0n) is 10.5. The predicted molar refractivity (Wildman–Crippen MR) is 72.4 cm³/mol. The number of benzene rings is 1. The molecule has 1 aromatic rings. The molecule has 0 aliphatic carbocycles. The third-order valence-electron chi connectivity index (χ3n) is 3.10. The Kier molecular flexibility index (Phi) is 3.96. The Balaban J connectivity index is 2.38. The number of nitrogens with one attached hydrogen (secondary N) is 1. The van der Waals surface area contributed by atoms with Crippen LogP contribution in [-0.2, 0) is 10.0 Å². The Labute approximate surface area is 113 Å². The van der Waals surface area contributed by atoms with Crippen LogP contribution in [0, 0.1) is 6.92 Å². The minimum absolute atomic E-state index is 0.174. The van der Waals surface area contributed by atoms with Crippen LogP contribution in [0.3, 0.4) is 0 Å². The summed E-state index contributed by atoms with van der Waals surface area (Å²) in [4.78, 5) is 0.309. The lowest BCUT2D eigenvalue weighted by Crippen LogP contribution is -2.51. The molecule has 18 heavy (non-hydrogen) atoms. The summed E-state index contributed by atoms with van der Waals surface area (Å²) in [6.45, 7) is 5.44. The van der Waals surface area contributed by atoms with Gasteiger partial charge in [-0.15, -0.1) is 0 Å². The summed E-state index contributed by atoms with van der Waals surface area (Å²) in [7, 11) is -3.44. The average molecular weight is 289 g/mol. The molecule has 1 aromatic carbocycles. The van der Waals surface area contributed by atoms with Crippen LogP contribution >= 0.6 is 11.6 Å². The van der Waals surface area contributed by atoms with Gasteiger partial charge in [-0.05, 0) is 31.5 Å². The van der Waals surface area contributed by atoms with E-state index in [1.54, 1.807) is 19.1 Å². The van der Waals surface area contributed by atoms with Gasteiger partial charge >= 0.3 is 0 Å². The smallest absolute Gasteiger partial charge is 0.243 e. The van der Waals surface area contributed by atoms with Crippen molar-refractivity contribution in [1.29, 1.82) is 0 Å². The molecule has 0 bridgehead atoms. The molecule has 100 valence electrons. The molecular weight excluding hydrogens is 272 g/mol. The van der Waals surface area contributed by atoms with E-state index in [0.717, 1.165) is 5.56 Å². The third-order valence-corrected chi connectivity index (χ3v) is 5.34. The SMILES string of the molecule is Cc1ccc(Cl)cc1S(=O)(=O)N1CCN[C@@H](C)C1. The normalized spacial score (nSPS) is 22.1. The maximum atomic E-state index is 12.5. The van der Waals surface area contributed by atoms with Gasteiger partial charge in [0.1, 0.15) is 0 Å². The summed E-state index contributed by atoms with van der Waals surface area (Å²) in [6, 6.07) is 5.14. The molecule has 1 fully saturated rings. The van der Waals surface area contributed by atoms with Gasteiger partial charge in [0.2, 0.25) is 10.0 Å². The molecule has 0 radical (unpaired) electrons. The molecule has 1 aliphatic rings. The molecule has 0 unspecified atom stereocenters. The summed E-state index contributed by atoms with van der Waals surface area (Å²) in [5, 5.41) is 3.68. The molecule has 1 aliphatic heterocycles. The summed E-state index contributed by atoms with van der Waals surface area (Å²) in [6.07, 6.45) is 0. The van der Waals surface area contributed by atoms with Crippen molar-refractivity contribution in [3.63, 3.8) is 0 Å². The number of sulfonamides is 1. The van der Waals surface area contributed by atoms with Gasteiger partial charge in [-0.25, -0.2) is 8.42 Å². The highest BCUT2D eigenvalue weighted by Gasteiger charge is 2.29. The molecule has 1 saturated heterocycles. The quantitative estimate of drug-likeness (QED) is 0.900. The molecule has 0 saturated carbocycles. The van der Waals surface area contributed by atoms with E-state index in [0.29, 0.717) is 29.6 Å². The highest BCUT2D eigenvalue weighted by Crippen LogP contribution is 2.24. The highest BCUT2D eigenvalue weighted by atomic mass is 35.5. The number of nitrogens with zero attached hydrogens (tertiary/aromatic N) is 1. The molecule has 0 spiro atoms.